The standard InChI is InChI=1S/C19H20N4O3/c1-13(24)12-23(14-5-3-6-15(11-14)26-2)18(25)9-8-17-16-7-4-10-20-19(16)22-21-17/h3-11,13,24H,12H2,1-2H3,(H,20,21,22)/b9-8+. The summed E-state index contributed by atoms with van der Waals surface area (Å²) >= 11 is 0. The van der Waals surface area contributed by atoms with E-state index in [0.29, 0.717) is 22.8 Å². The first-order chi connectivity index (χ1) is 12.6. The number of ether oxygens (including phenoxy) is 1. The molecule has 0 bridgehead atoms. The highest BCUT2D eigenvalue weighted by atomic mass is 16.5. The van der Waals surface area contributed by atoms with Crippen LogP contribution in [0.1, 0.15) is 12.6 Å². The van der Waals surface area contributed by atoms with Crippen LogP contribution >= 0.6 is 0 Å². The first kappa shape index (κ1) is 17.6. The number of hydrogen-bond donors (Lipinski definition) is 2. The molecule has 2 aromatic heterocycles. The Morgan fingerprint density at radius 2 is 2.23 bits per heavy atom. The number of hydrogen-bond acceptors (Lipinski definition) is 5. The van der Waals surface area contributed by atoms with Crippen LogP contribution in [0, 0.1) is 0 Å². The lowest BCUT2D eigenvalue weighted by Gasteiger charge is -2.23. The van der Waals surface area contributed by atoms with Crippen molar-refractivity contribution in [3.8, 4) is 5.75 Å². The van der Waals surface area contributed by atoms with Gasteiger partial charge in [-0.15, -0.1) is 0 Å². The largest absolute Gasteiger partial charge is 0.497 e. The van der Waals surface area contributed by atoms with Gasteiger partial charge in [0.25, 0.3) is 5.91 Å². The summed E-state index contributed by atoms with van der Waals surface area (Å²) in [6.45, 7) is 1.81. The summed E-state index contributed by atoms with van der Waals surface area (Å²) in [4.78, 5) is 18.4. The molecule has 1 atom stereocenters. The number of anilines is 1. The third-order valence-electron chi connectivity index (χ3n) is 3.83. The second kappa shape index (κ2) is 7.79. The van der Waals surface area contributed by atoms with E-state index in [-0.39, 0.29) is 12.5 Å². The summed E-state index contributed by atoms with van der Waals surface area (Å²) in [6, 6.07) is 10.8. The van der Waals surface area contributed by atoms with Gasteiger partial charge in [-0.3, -0.25) is 9.89 Å². The van der Waals surface area contributed by atoms with Gasteiger partial charge >= 0.3 is 0 Å². The number of rotatable bonds is 6. The van der Waals surface area contributed by atoms with Gasteiger partial charge in [0, 0.05) is 29.4 Å². The molecule has 0 fully saturated rings. The Morgan fingerprint density at radius 1 is 1.38 bits per heavy atom. The van der Waals surface area contributed by atoms with Crippen molar-refractivity contribution in [2.24, 2.45) is 0 Å². The van der Waals surface area contributed by atoms with Crippen LogP contribution in [-0.2, 0) is 4.79 Å². The molecule has 0 aliphatic rings. The monoisotopic (exact) mass is 352 g/mol. The molecular formula is C19H20N4O3. The molecule has 2 heterocycles. The number of H-pyrrole nitrogens is 1. The van der Waals surface area contributed by atoms with Crippen molar-refractivity contribution in [1.82, 2.24) is 15.2 Å². The van der Waals surface area contributed by atoms with E-state index in [9.17, 15) is 9.90 Å². The van der Waals surface area contributed by atoms with E-state index in [2.05, 4.69) is 15.2 Å². The summed E-state index contributed by atoms with van der Waals surface area (Å²) in [5.74, 6) is 0.381. The highest BCUT2D eigenvalue weighted by molar-refractivity contribution is 6.04. The fraction of sp³-hybridized carbons (Fsp3) is 0.211. The molecule has 26 heavy (non-hydrogen) atoms. The molecule has 0 saturated heterocycles. The number of pyridine rings is 1. The van der Waals surface area contributed by atoms with Gasteiger partial charge in [-0.25, -0.2) is 4.98 Å². The number of carbonyl (C=O) groups excluding carboxylic acids is 1. The molecule has 0 aliphatic carbocycles. The SMILES string of the molecule is COc1cccc(N(CC(C)O)C(=O)/C=C/c2[nH]nc3ncccc23)c1. The molecule has 7 nitrogen and oxygen atoms in total. The van der Waals surface area contributed by atoms with Crippen molar-refractivity contribution < 1.29 is 14.6 Å². The fourth-order valence-electron chi connectivity index (χ4n) is 2.61. The molecule has 1 unspecified atom stereocenters. The van der Waals surface area contributed by atoms with E-state index in [4.69, 9.17) is 4.74 Å². The number of fused-ring (bicyclic) bond motifs is 1. The molecule has 3 rings (SSSR count). The Hall–Kier alpha value is -3.19. The number of aromatic nitrogens is 3. The summed E-state index contributed by atoms with van der Waals surface area (Å²) in [5.41, 5.74) is 1.94. The van der Waals surface area contributed by atoms with Crippen LogP contribution in [0.25, 0.3) is 17.1 Å². The van der Waals surface area contributed by atoms with E-state index in [1.54, 1.807) is 50.6 Å². The van der Waals surface area contributed by atoms with E-state index >= 15 is 0 Å². The van der Waals surface area contributed by atoms with Gasteiger partial charge < -0.3 is 14.7 Å². The normalized spacial score (nSPS) is 12.4. The summed E-state index contributed by atoms with van der Waals surface area (Å²) in [7, 11) is 1.57. The van der Waals surface area contributed by atoms with Crippen molar-refractivity contribution in [3.63, 3.8) is 0 Å². The summed E-state index contributed by atoms with van der Waals surface area (Å²) < 4.78 is 5.22. The van der Waals surface area contributed by atoms with Crippen LogP contribution in [0.15, 0.2) is 48.7 Å². The highest BCUT2D eigenvalue weighted by Gasteiger charge is 2.16. The highest BCUT2D eigenvalue weighted by Crippen LogP contribution is 2.22. The number of amides is 1. The molecule has 3 aromatic rings. The molecule has 0 saturated carbocycles. The van der Waals surface area contributed by atoms with Crippen molar-refractivity contribution in [1.29, 1.82) is 0 Å². The summed E-state index contributed by atoms with van der Waals surface area (Å²) in [6.07, 6.45) is 4.10. The molecule has 1 aromatic carbocycles. The van der Waals surface area contributed by atoms with Crippen LogP contribution in [0.3, 0.4) is 0 Å². The minimum absolute atomic E-state index is 0.168. The second-order valence-electron chi connectivity index (χ2n) is 5.84. The number of aliphatic hydroxyl groups is 1. The van der Waals surface area contributed by atoms with Gasteiger partial charge in [0.15, 0.2) is 5.65 Å². The van der Waals surface area contributed by atoms with E-state index in [0.717, 1.165) is 5.39 Å². The number of nitrogens with one attached hydrogen (secondary N) is 1. The maximum atomic E-state index is 12.7. The van der Waals surface area contributed by atoms with Crippen LogP contribution in [0.5, 0.6) is 5.75 Å². The zero-order valence-corrected chi connectivity index (χ0v) is 14.6. The number of nitrogens with zero attached hydrogens (tertiary/aromatic N) is 3. The van der Waals surface area contributed by atoms with E-state index < -0.39 is 6.10 Å². The quantitative estimate of drug-likeness (QED) is 0.665. The Kier molecular flexibility index (Phi) is 5.28. The molecule has 1 amide bonds. The molecule has 0 radical (unpaired) electrons. The minimum atomic E-state index is -0.671. The number of methoxy groups -OCH3 is 1. The van der Waals surface area contributed by atoms with Gasteiger partial charge in [-0.1, -0.05) is 6.07 Å². The fourth-order valence-corrected chi connectivity index (χ4v) is 2.61. The lowest BCUT2D eigenvalue weighted by Crippen LogP contribution is -2.35. The molecule has 2 N–H and O–H groups in total. The van der Waals surface area contributed by atoms with Crippen LogP contribution in [0.4, 0.5) is 5.69 Å². The predicted molar refractivity (Wildman–Crippen MR) is 100.0 cm³/mol. The zero-order chi connectivity index (χ0) is 18.5. The van der Waals surface area contributed by atoms with E-state index in [1.807, 2.05) is 12.1 Å². The lowest BCUT2D eigenvalue weighted by molar-refractivity contribution is -0.114. The van der Waals surface area contributed by atoms with Crippen molar-refractivity contribution in [3.05, 3.63) is 54.4 Å². The average molecular weight is 352 g/mol. The van der Waals surface area contributed by atoms with Gasteiger partial charge in [0.1, 0.15) is 5.75 Å². The minimum Gasteiger partial charge on any atom is -0.497 e. The van der Waals surface area contributed by atoms with Crippen molar-refractivity contribution in [2.45, 2.75) is 13.0 Å². The van der Waals surface area contributed by atoms with E-state index in [1.165, 1.54) is 11.0 Å². The number of aliphatic hydroxyl groups excluding tert-OH is 1. The maximum Gasteiger partial charge on any atom is 0.251 e. The zero-order valence-electron chi connectivity index (χ0n) is 14.6. The average Bonchev–Trinajstić information content (AvgIpc) is 3.07. The number of benzene rings is 1. The molecule has 7 heteroatoms. The van der Waals surface area contributed by atoms with Crippen LogP contribution in [0.2, 0.25) is 0 Å². The summed E-state index contributed by atoms with van der Waals surface area (Å²) in [5, 5.41) is 17.6. The topological polar surface area (TPSA) is 91.3 Å². The van der Waals surface area contributed by atoms with Gasteiger partial charge in [0.05, 0.1) is 25.5 Å². The van der Waals surface area contributed by atoms with Crippen molar-refractivity contribution in [2.75, 3.05) is 18.6 Å². The molecular weight excluding hydrogens is 332 g/mol. The Bertz CT molecular complexity index is 933. The first-order valence-electron chi connectivity index (χ1n) is 8.19. The van der Waals surface area contributed by atoms with Crippen LogP contribution < -0.4 is 9.64 Å². The number of aromatic amines is 1. The number of carbonyl (C=O) groups is 1. The molecule has 0 spiro atoms. The Labute approximate surface area is 150 Å². The Balaban J connectivity index is 1.87. The third kappa shape index (κ3) is 3.89. The lowest BCUT2D eigenvalue weighted by atomic mass is 10.2. The predicted octanol–water partition coefficient (Wildman–Crippen LogP) is 2.39. The van der Waals surface area contributed by atoms with Gasteiger partial charge in [-0.05, 0) is 37.3 Å². The Morgan fingerprint density at radius 3 is 3.00 bits per heavy atom. The first-order valence-corrected chi connectivity index (χ1v) is 8.19. The van der Waals surface area contributed by atoms with Crippen LogP contribution in [-0.4, -0.2) is 46.0 Å². The molecule has 134 valence electrons. The maximum absolute atomic E-state index is 12.7. The second-order valence-corrected chi connectivity index (χ2v) is 5.84. The van der Waals surface area contributed by atoms with Gasteiger partial charge in [0.2, 0.25) is 0 Å². The van der Waals surface area contributed by atoms with Gasteiger partial charge in [-0.2, -0.15) is 5.10 Å². The molecule has 0 aliphatic heterocycles. The van der Waals surface area contributed by atoms with Crippen molar-refractivity contribution >= 4 is 28.7 Å². The smallest absolute Gasteiger partial charge is 0.251 e. The third-order valence-corrected chi connectivity index (χ3v) is 3.83.